The molecule has 0 saturated carbocycles. The van der Waals surface area contributed by atoms with Gasteiger partial charge in [-0.1, -0.05) is 127 Å². The van der Waals surface area contributed by atoms with Gasteiger partial charge in [-0.25, -0.2) is 0 Å². The van der Waals surface area contributed by atoms with Crippen LogP contribution in [-0.2, 0) is 3.23 Å². The van der Waals surface area contributed by atoms with Crippen molar-refractivity contribution in [3.63, 3.8) is 0 Å². The first kappa shape index (κ1) is 18.2. The van der Waals surface area contributed by atoms with Gasteiger partial charge in [0.05, 0.1) is 0 Å². The van der Waals surface area contributed by atoms with Crippen LogP contribution in [0.3, 0.4) is 0 Å². The van der Waals surface area contributed by atoms with Crippen molar-refractivity contribution < 1.29 is 0 Å². The molecule has 0 fully saturated rings. The molecular weight excluding hydrogens is 376 g/mol. The maximum atomic E-state index is 3.82. The SMILES string of the molecule is CCCCCCCCCCCC(Br)(Br)c1ccccc1. The molecule has 2 heteroatoms. The summed E-state index contributed by atoms with van der Waals surface area (Å²) in [4.78, 5) is 0. The van der Waals surface area contributed by atoms with E-state index in [0.717, 1.165) is 6.42 Å². The van der Waals surface area contributed by atoms with Gasteiger partial charge in [-0.15, -0.1) is 0 Å². The molecule has 0 aliphatic carbocycles. The molecule has 0 N–H and O–H groups in total. The Labute approximate surface area is 142 Å². The van der Waals surface area contributed by atoms with Crippen LogP contribution in [0.5, 0.6) is 0 Å². The molecule has 114 valence electrons. The van der Waals surface area contributed by atoms with Gasteiger partial charge in [-0.2, -0.15) is 0 Å². The van der Waals surface area contributed by atoms with E-state index in [-0.39, 0.29) is 3.23 Å². The topological polar surface area (TPSA) is 0 Å². The average Bonchev–Trinajstić information content (AvgIpc) is 2.46. The molecule has 0 nitrogen and oxygen atoms in total. The molecule has 20 heavy (non-hydrogen) atoms. The number of rotatable bonds is 11. The van der Waals surface area contributed by atoms with Gasteiger partial charge in [-0.3, -0.25) is 0 Å². The molecule has 0 unspecified atom stereocenters. The second-order valence-corrected chi connectivity index (χ2v) is 9.42. The minimum absolute atomic E-state index is 0.0393. The Morgan fingerprint density at radius 2 is 1.25 bits per heavy atom. The summed E-state index contributed by atoms with van der Waals surface area (Å²) in [5, 5.41) is 0. The molecule has 0 bridgehead atoms. The highest BCUT2D eigenvalue weighted by Gasteiger charge is 2.23. The summed E-state index contributed by atoms with van der Waals surface area (Å²) in [5.74, 6) is 0. The van der Waals surface area contributed by atoms with Crippen molar-refractivity contribution in [1.29, 1.82) is 0 Å². The Bertz CT molecular complexity index is 333. The number of alkyl halides is 2. The third kappa shape index (κ3) is 7.83. The fourth-order valence-electron chi connectivity index (χ4n) is 2.48. The molecule has 0 saturated heterocycles. The first-order valence-corrected chi connectivity index (χ1v) is 9.69. The quantitative estimate of drug-likeness (QED) is 0.264. The van der Waals surface area contributed by atoms with Gasteiger partial charge in [0.15, 0.2) is 0 Å². The average molecular weight is 404 g/mol. The molecule has 0 aliphatic rings. The molecule has 0 radical (unpaired) electrons. The van der Waals surface area contributed by atoms with Gasteiger partial charge in [0.25, 0.3) is 0 Å². The molecular formula is C18H28Br2. The van der Waals surface area contributed by atoms with Gasteiger partial charge in [0.2, 0.25) is 0 Å². The van der Waals surface area contributed by atoms with E-state index < -0.39 is 0 Å². The summed E-state index contributed by atoms with van der Waals surface area (Å²) in [6.07, 6.45) is 13.6. The zero-order valence-electron chi connectivity index (χ0n) is 12.7. The predicted octanol–water partition coefficient (Wildman–Crippen LogP) is 7.55. The summed E-state index contributed by atoms with van der Waals surface area (Å²) in [7, 11) is 0. The molecule has 0 heterocycles. The fraction of sp³-hybridized carbons (Fsp3) is 0.667. The lowest BCUT2D eigenvalue weighted by Gasteiger charge is -2.20. The minimum atomic E-state index is -0.0393. The summed E-state index contributed by atoms with van der Waals surface area (Å²) in [5.41, 5.74) is 1.32. The van der Waals surface area contributed by atoms with E-state index in [1.165, 1.54) is 63.4 Å². The van der Waals surface area contributed by atoms with E-state index in [9.17, 15) is 0 Å². The van der Waals surface area contributed by atoms with Crippen LogP contribution in [0.2, 0.25) is 0 Å². The second-order valence-electron chi connectivity index (χ2n) is 5.65. The van der Waals surface area contributed by atoms with Crippen molar-refractivity contribution in [2.75, 3.05) is 0 Å². The van der Waals surface area contributed by atoms with Gasteiger partial charge < -0.3 is 0 Å². The summed E-state index contributed by atoms with van der Waals surface area (Å²) >= 11 is 7.64. The molecule has 0 spiro atoms. The monoisotopic (exact) mass is 402 g/mol. The highest BCUT2D eigenvalue weighted by atomic mass is 79.9. The van der Waals surface area contributed by atoms with E-state index in [1.54, 1.807) is 0 Å². The second kappa shape index (κ2) is 10.8. The largest absolute Gasteiger partial charge is 0.105 e. The van der Waals surface area contributed by atoms with E-state index in [1.807, 2.05) is 0 Å². The zero-order valence-corrected chi connectivity index (χ0v) is 15.9. The van der Waals surface area contributed by atoms with Crippen molar-refractivity contribution in [3.8, 4) is 0 Å². The van der Waals surface area contributed by atoms with Crippen molar-refractivity contribution in [3.05, 3.63) is 35.9 Å². The summed E-state index contributed by atoms with van der Waals surface area (Å²) < 4.78 is -0.0393. The standard InChI is InChI=1S/C18H28Br2/c1-2-3-4-5-6-7-8-9-13-16-18(19,20)17-14-11-10-12-15-17/h10-12,14-15H,2-9,13,16H2,1H3. The maximum absolute atomic E-state index is 3.82. The molecule has 1 aromatic carbocycles. The van der Waals surface area contributed by atoms with Crippen molar-refractivity contribution in [1.82, 2.24) is 0 Å². The lowest BCUT2D eigenvalue weighted by atomic mass is 10.0. The van der Waals surface area contributed by atoms with Gasteiger partial charge in [0.1, 0.15) is 3.23 Å². The van der Waals surface area contributed by atoms with Crippen molar-refractivity contribution >= 4 is 31.9 Å². The van der Waals surface area contributed by atoms with Crippen molar-refractivity contribution in [2.24, 2.45) is 0 Å². The number of unbranched alkanes of at least 4 members (excludes halogenated alkanes) is 8. The lowest BCUT2D eigenvalue weighted by Crippen LogP contribution is -2.08. The summed E-state index contributed by atoms with van der Waals surface area (Å²) in [6.45, 7) is 2.28. The number of halogens is 2. The van der Waals surface area contributed by atoms with E-state index in [0.29, 0.717) is 0 Å². The van der Waals surface area contributed by atoms with E-state index in [2.05, 4.69) is 69.1 Å². The smallest absolute Gasteiger partial charge is 0.0674 e. The molecule has 0 aliphatic heterocycles. The van der Waals surface area contributed by atoms with E-state index >= 15 is 0 Å². The molecule has 1 aromatic rings. The minimum Gasteiger partial charge on any atom is -0.0674 e. The summed E-state index contributed by atoms with van der Waals surface area (Å²) in [6, 6.07) is 10.6. The third-order valence-corrected chi connectivity index (χ3v) is 5.50. The van der Waals surface area contributed by atoms with Gasteiger partial charge in [0, 0.05) is 0 Å². The van der Waals surface area contributed by atoms with E-state index in [4.69, 9.17) is 0 Å². The molecule has 0 amide bonds. The Morgan fingerprint density at radius 3 is 1.80 bits per heavy atom. The predicted molar refractivity (Wildman–Crippen MR) is 97.8 cm³/mol. The molecule has 1 rings (SSSR count). The molecule has 0 atom stereocenters. The normalized spacial score (nSPS) is 11.8. The van der Waals surface area contributed by atoms with Crippen LogP contribution in [0.25, 0.3) is 0 Å². The van der Waals surface area contributed by atoms with Crippen LogP contribution < -0.4 is 0 Å². The lowest BCUT2D eigenvalue weighted by molar-refractivity contribution is 0.552. The Kier molecular flexibility index (Phi) is 9.88. The first-order chi connectivity index (χ1) is 9.67. The Hall–Kier alpha value is 0.180. The first-order valence-electron chi connectivity index (χ1n) is 8.10. The van der Waals surface area contributed by atoms with Crippen LogP contribution in [0.15, 0.2) is 30.3 Å². The van der Waals surface area contributed by atoms with Crippen LogP contribution in [0.4, 0.5) is 0 Å². The number of benzene rings is 1. The van der Waals surface area contributed by atoms with Crippen molar-refractivity contribution in [2.45, 2.75) is 74.4 Å². The Morgan fingerprint density at radius 1 is 0.750 bits per heavy atom. The van der Waals surface area contributed by atoms with Crippen LogP contribution in [0, 0.1) is 0 Å². The van der Waals surface area contributed by atoms with Crippen LogP contribution in [0.1, 0.15) is 76.7 Å². The van der Waals surface area contributed by atoms with Gasteiger partial charge >= 0.3 is 0 Å². The zero-order chi connectivity index (χ0) is 14.7. The van der Waals surface area contributed by atoms with Crippen LogP contribution >= 0.6 is 31.9 Å². The van der Waals surface area contributed by atoms with Gasteiger partial charge in [-0.05, 0) is 12.0 Å². The third-order valence-electron chi connectivity index (χ3n) is 3.79. The fourth-order valence-corrected chi connectivity index (χ4v) is 3.57. The highest BCUT2D eigenvalue weighted by molar-refractivity contribution is 9.24. The maximum Gasteiger partial charge on any atom is 0.105 e. The number of hydrogen-bond acceptors (Lipinski definition) is 0. The molecule has 0 aromatic heterocycles. The number of hydrogen-bond donors (Lipinski definition) is 0. The highest BCUT2D eigenvalue weighted by Crippen LogP contribution is 2.42. The Balaban J connectivity index is 2.06. The van der Waals surface area contributed by atoms with Crippen LogP contribution in [-0.4, -0.2) is 0 Å².